The standard InChI is InChI=1S/C16H17NO2/c1-5-12-7-6-8-13(9-12)17-14(18)10-16(4,11(2)3)15(17)19/h1,6-9,11H,10H2,2-4H3. The fraction of sp³-hybridized carbons (Fsp3) is 0.375. The molecule has 0 bridgehead atoms. The van der Waals surface area contributed by atoms with Gasteiger partial charge in [-0.15, -0.1) is 6.42 Å². The topological polar surface area (TPSA) is 37.4 Å². The van der Waals surface area contributed by atoms with Crippen molar-refractivity contribution in [2.75, 3.05) is 4.90 Å². The fourth-order valence-corrected chi connectivity index (χ4v) is 2.28. The summed E-state index contributed by atoms with van der Waals surface area (Å²) < 4.78 is 0. The molecule has 0 spiro atoms. The zero-order valence-electron chi connectivity index (χ0n) is 11.4. The zero-order chi connectivity index (χ0) is 14.2. The molecule has 2 rings (SSSR count). The number of carbonyl (C=O) groups excluding carboxylic acids is 2. The average molecular weight is 255 g/mol. The van der Waals surface area contributed by atoms with Crippen LogP contribution in [0.1, 0.15) is 32.8 Å². The van der Waals surface area contributed by atoms with Gasteiger partial charge in [0.25, 0.3) is 0 Å². The Bertz CT molecular complexity index is 583. The van der Waals surface area contributed by atoms with E-state index in [0.717, 1.165) is 0 Å². The van der Waals surface area contributed by atoms with E-state index < -0.39 is 5.41 Å². The lowest BCUT2D eigenvalue weighted by Gasteiger charge is -2.26. The summed E-state index contributed by atoms with van der Waals surface area (Å²) in [6.07, 6.45) is 5.60. The lowest BCUT2D eigenvalue weighted by Crippen LogP contribution is -2.36. The van der Waals surface area contributed by atoms with Gasteiger partial charge < -0.3 is 0 Å². The van der Waals surface area contributed by atoms with Crippen LogP contribution < -0.4 is 4.90 Å². The highest BCUT2D eigenvalue weighted by Crippen LogP contribution is 2.41. The minimum absolute atomic E-state index is 0.116. The monoisotopic (exact) mass is 255 g/mol. The van der Waals surface area contributed by atoms with E-state index in [9.17, 15) is 9.59 Å². The van der Waals surface area contributed by atoms with E-state index in [1.807, 2.05) is 20.8 Å². The molecule has 98 valence electrons. The Morgan fingerprint density at radius 3 is 2.58 bits per heavy atom. The number of hydrogen-bond acceptors (Lipinski definition) is 2. The number of anilines is 1. The van der Waals surface area contributed by atoms with Crippen LogP contribution in [-0.2, 0) is 9.59 Å². The molecule has 0 radical (unpaired) electrons. The molecule has 0 aliphatic carbocycles. The predicted octanol–water partition coefficient (Wildman–Crippen LogP) is 2.59. The molecular formula is C16H17NO2. The molecule has 3 heteroatoms. The van der Waals surface area contributed by atoms with Crippen molar-refractivity contribution in [2.24, 2.45) is 11.3 Å². The van der Waals surface area contributed by atoms with Crippen molar-refractivity contribution in [3.05, 3.63) is 29.8 Å². The average Bonchev–Trinajstić information content (AvgIpc) is 2.61. The zero-order valence-corrected chi connectivity index (χ0v) is 11.4. The molecule has 1 atom stereocenters. The third-order valence-corrected chi connectivity index (χ3v) is 4.00. The number of benzene rings is 1. The SMILES string of the molecule is C#Cc1cccc(N2C(=O)CC(C)(C(C)C)C2=O)c1. The van der Waals surface area contributed by atoms with Crippen molar-refractivity contribution in [3.63, 3.8) is 0 Å². The first kappa shape index (κ1) is 13.4. The second-order valence-electron chi connectivity index (χ2n) is 5.48. The molecule has 1 aromatic rings. The lowest BCUT2D eigenvalue weighted by atomic mass is 9.78. The van der Waals surface area contributed by atoms with E-state index in [2.05, 4.69) is 5.92 Å². The largest absolute Gasteiger partial charge is 0.274 e. The number of terminal acetylenes is 1. The predicted molar refractivity (Wildman–Crippen MR) is 74.4 cm³/mol. The van der Waals surface area contributed by atoms with Crippen LogP contribution in [0.2, 0.25) is 0 Å². The third kappa shape index (κ3) is 2.04. The molecule has 1 saturated heterocycles. The molecule has 1 fully saturated rings. The molecule has 0 saturated carbocycles. The van der Waals surface area contributed by atoms with Crippen molar-refractivity contribution in [2.45, 2.75) is 27.2 Å². The van der Waals surface area contributed by atoms with Crippen LogP contribution in [0.4, 0.5) is 5.69 Å². The first-order valence-electron chi connectivity index (χ1n) is 6.34. The highest BCUT2D eigenvalue weighted by molar-refractivity contribution is 6.22. The van der Waals surface area contributed by atoms with Crippen LogP contribution in [0.5, 0.6) is 0 Å². The minimum Gasteiger partial charge on any atom is -0.274 e. The van der Waals surface area contributed by atoms with Crippen molar-refractivity contribution >= 4 is 17.5 Å². The van der Waals surface area contributed by atoms with Gasteiger partial charge in [-0.2, -0.15) is 0 Å². The highest BCUT2D eigenvalue weighted by Gasteiger charge is 2.50. The summed E-state index contributed by atoms with van der Waals surface area (Å²) in [5, 5.41) is 0. The molecule has 2 amide bonds. The van der Waals surface area contributed by atoms with Crippen LogP contribution in [0.15, 0.2) is 24.3 Å². The Morgan fingerprint density at radius 1 is 1.37 bits per heavy atom. The summed E-state index contributed by atoms with van der Waals surface area (Å²) in [7, 11) is 0. The van der Waals surface area contributed by atoms with Crippen LogP contribution in [0.3, 0.4) is 0 Å². The van der Waals surface area contributed by atoms with E-state index in [-0.39, 0.29) is 24.2 Å². The van der Waals surface area contributed by atoms with Gasteiger partial charge in [0.15, 0.2) is 0 Å². The van der Waals surface area contributed by atoms with Crippen LogP contribution in [0, 0.1) is 23.7 Å². The van der Waals surface area contributed by atoms with Crippen LogP contribution >= 0.6 is 0 Å². The number of hydrogen-bond donors (Lipinski definition) is 0. The third-order valence-electron chi connectivity index (χ3n) is 4.00. The Kier molecular flexibility index (Phi) is 3.20. The molecule has 0 aromatic heterocycles. The van der Waals surface area contributed by atoms with Crippen molar-refractivity contribution in [1.29, 1.82) is 0 Å². The Balaban J connectivity index is 2.44. The maximum absolute atomic E-state index is 12.5. The Morgan fingerprint density at radius 2 is 2.05 bits per heavy atom. The Hall–Kier alpha value is -2.08. The molecule has 0 N–H and O–H groups in total. The van der Waals surface area contributed by atoms with E-state index in [1.165, 1.54) is 4.90 Å². The van der Waals surface area contributed by atoms with E-state index >= 15 is 0 Å². The molecule has 19 heavy (non-hydrogen) atoms. The second kappa shape index (κ2) is 4.55. The quantitative estimate of drug-likeness (QED) is 0.601. The van der Waals surface area contributed by atoms with Gasteiger partial charge in [0.1, 0.15) is 0 Å². The van der Waals surface area contributed by atoms with Crippen molar-refractivity contribution in [1.82, 2.24) is 0 Å². The van der Waals surface area contributed by atoms with Gasteiger partial charge in [-0.1, -0.05) is 25.8 Å². The molecule has 1 aliphatic heterocycles. The molecule has 1 aromatic carbocycles. The number of imide groups is 1. The normalized spacial score (nSPS) is 23.0. The maximum Gasteiger partial charge on any atom is 0.240 e. The van der Waals surface area contributed by atoms with E-state index in [0.29, 0.717) is 11.3 Å². The summed E-state index contributed by atoms with van der Waals surface area (Å²) in [6.45, 7) is 5.78. The first-order chi connectivity index (χ1) is 8.90. The van der Waals surface area contributed by atoms with Gasteiger partial charge in [-0.25, -0.2) is 0 Å². The molecule has 1 unspecified atom stereocenters. The second-order valence-corrected chi connectivity index (χ2v) is 5.48. The van der Waals surface area contributed by atoms with Gasteiger partial charge in [-0.3, -0.25) is 14.5 Å². The fourth-order valence-electron chi connectivity index (χ4n) is 2.28. The molecule has 3 nitrogen and oxygen atoms in total. The maximum atomic E-state index is 12.5. The van der Waals surface area contributed by atoms with Gasteiger partial charge in [0.2, 0.25) is 11.8 Å². The number of rotatable bonds is 2. The van der Waals surface area contributed by atoms with Gasteiger partial charge in [0.05, 0.1) is 11.1 Å². The Labute approximate surface area is 113 Å². The molecule has 1 aliphatic rings. The molecular weight excluding hydrogens is 238 g/mol. The number of nitrogens with zero attached hydrogens (tertiary/aromatic N) is 1. The highest BCUT2D eigenvalue weighted by atomic mass is 16.2. The van der Waals surface area contributed by atoms with Gasteiger partial charge >= 0.3 is 0 Å². The van der Waals surface area contributed by atoms with Gasteiger partial charge in [0, 0.05) is 12.0 Å². The van der Waals surface area contributed by atoms with Gasteiger partial charge in [-0.05, 0) is 31.0 Å². The summed E-state index contributed by atoms with van der Waals surface area (Å²) >= 11 is 0. The van der Waals surface area contributed by atoms with Crippen molar-refractivity contribution in [3.8, 4) is 12.3 Å². The van der Waals surface area contributed by atoms with Crippen molar-refractivity contribution < 1.29 is 9.59 Å². The number of amides is 2. The summed E-state index contributed by atoms with van der Waals surface area (Å²) in [5.41, 5.74) is 0.606. The summed E-state index contributed by atoms with van der Waals surface area (Å²) in [5.74, 6) is 2.34. The van der Waals surface area contributed by atoms with Crippen LogP contribution in [-0.4, -0.2) is 11.8 Å². The first-order valence-corrected chi connectivity index (χ1v) is 6.34. The van der Waals surface area contributed by atoms with Crippen LogP contribution in [0.25, 0.3) is 0 Å². The van der Waals surface area contributed by atoms with E-state index in [4.69, 9.17) is 6.42 Å². The lowest BCUT2D eigenvalue weighted by molar-refractivity contribution is -0.126. The smallest absolute Gasteiger partial charge is 0.240 e. The minimum atomic E-state index is -0.622. The summed E-state index contributed by atoms with van der Waals surface area (Å²) in [4.78, 5) is 26.0. The van der Waals surface area contributed by atoms with E-state index in [1.54, 1.807) is 24.3 Å². The summed E-state index contributed by atoms with van der Waals surface area (Å²) in [6, 6.07) is 6.97. The number of carbonyl (C=O) groups is 2. The molecule has 1 heterocycles.